The zero-order chi connectivity index (χ0) is 6.69. The fourth-order valence-electron chi connectivity index (χ4n) is 1.03. The van der Waals surface area contributed by atoms with E-state index in [0.717, 1.165) is 13.1 Å². The van der Waals surface area contributed by atoms with Crippen LogP contribution < -0.4 is 10.6 Å². The summed E-state index contributed by atoms with van der Waals surface area (Å²) in [5, 5.41) is 7.84. The first-order valence-corrected chi connectivity index (χ1v) is 3.70. The van der Waals surface area contributed by atoms with Crippen molar-refractivity contribution in [1.29, 1.82) is 0 Å². The standard InChI is InChI=1S/C7H15N2/c1-6-7(2)9-5-3-4-8-6/h6-8H,3-5H2,1-2H3. The van der Waals surface area contributed by atoms with E-state index in [9.17, 15) is 0 Å². The molecule has 1 aliphatic heterocycles. The number of nitrogens with zero attached hydrogens (tertiary/aromatic N) is 1. The van der Waals surface area contributed by atoms with Crippen LogP contribution in [0, 0.1) is 0 Å². The molecule has 0 aromatic rings. The van der Waals surface area contributed by atoms with Crippen LogP contribution in [0.25, 0.3) is 0 Å². The largest absolute Gasteiger partial charge is 0.313 e. The Labute approximate surface area is 57.0 Å². The van der Waals surface area contributed by atoms with Gasteiger partial charge in [0.2, 0.25) is 0 Å². The Kier molecular flexibility index (Phi) is 2.49. The fourth-order valence-corrected chi connectivity index (χ4v) is 1.03. The molecule has 1 fully saturated rings. The van der Waals surface area contributed by atoms with Gasteiger partial charge in [-0.05, 0) is 26.8 Å². The van der Waals surface area contributed by atoms with Gasteiger partial charge >= 0.3 is 0 Å². The van der Waals surface area contributed by atoms with Gasteiger partial charge in [-0.2, -0.15) is 0 Å². The van der Waals surface area contributed by atoms with Gasteiger partial charge in [-0.15, -0.1) is 0 Å². The SMILES string of the molecule is CC1[N]CCCNC1C. The zero-order valence-corrected chi connectivity index (χ0v) is 6.22. The van der Waals surface area contributed by atoms with E-state index in [1.807, 2.05) is 0 Å². The molecule has 2 atom stereocenters. The monoisotopic (exact) mass is 127 g/mol. The van der Waals surface area contributed by atoms with Gasteiger partial charge in [0.05, 0.1) is 0 Å². The summed E-state index contributed by atoms with van der Waals surface area (Å²) in [4.78, 5) is 0. The van der Waals surface area contributed by atoms with Crippen molar-refractivity contribution in [3.05, 3.63) is 0 Å². The highest BCUT2D eigenvalue weighted by Gasteiger charge is 2.13. The molecule has 0 aliphatic carbocycles. The molecule has 2 unspecified atom stereocenters. The first-order chi connectivity index (χ1) is 4.30. The Bertz CT molecular complexity index is 73.0. The van der Waals surface area contributed by atoms with E-state index in [1.165, 1.54) is 6.42 Å². The Morgan fingerprint density at radius 2 is 2.22 bits per heavy atom. The number of nitrogens with one attached hydrogen (secondary N) is 1. The van der Waals surface area contributed by atoms with Gasteiger partial charge in [0, 0.05) is 18.6 Å². The van der Waals surface area contributed by atoms with E-state index in [4.69, 9.17) is 0 Å². The summed E-state index contributed by atoms with van der Waals surface area (Å²) in [6.45, 7) is 6.54. The molecule has 2 heteroatoms. The highest BCUT2D eigenvalue weighted by molar-refractivity contribution is 4.76. The lowest BCUT2D eigenvalue weighted by Crippen LogP contribution is -2.37. The van der Waals surface area contributed by atoms with Crippen LogP contribution in [0.2, 0.25) is 0 Å². The molecule has 1 rings (SSSR count). The van der Waals surface area contributed by atoms with E-state index in [0.29, 0.717) is 12.1 Å². The third kappa shape index (κ3) is 1.95. The van der Waals surface area contributed by atoms with E-state index in [-0.39, 0.29) is 0 Å². The van der Waals surface area contributed by atoms with Gasteiger partial charge < -0.3 is 5.32 Å². The average Bonchev–Trinajstić information content (AvgIpc) is 1.99. The maximum Gasteiger partial charge on any atom is 0.0368 e. The first kappa shape index (κ1) is 7.03. The topological polar surface area (TPSA) is 26.1 Å². The summed E-state index contributed by atoms with van der Waals surface area (Å²) in [5.74, 6) is 0. The van der Waals surface area contributed by atoms with Crippen LogP contribution >= 0.6 is 0 Å². The Hall–Kier alpha value is -0.0800. The van der Waals surface area contributed by atoms with Crippen LogP contribution in [0.15, 0.2) is 0 Å². The summed E-state index contributed by atoms with van der Waals surface area (Å²) in [7, 11) is 0. The first-order valence-electron chi connectivity index (χ1n) is 3.70. The normalized spacial score (nSPS) is 38.0. The quantitative estimate of drug-likeness (QED) is 0.499. The van der Waals surface area contributed by atoms with Crippen molar-refractivity contribution in [2.24, 2.45) is 0 Å². The lowest BCUT2D eigenvalue weighted by Gasteiger charge is -2.15. The Morgan fingerprint density at radius 1 is 1.44 bits per heavy atom. The third-order valence-corrected chi connectivity index (χ3v) is 1.94. The highest BCUT2D eigenvalue weighted by atomic mass is 15.0. The van der Waals surface area contributed by atoms with E-state index in [1.54, 1.807) is 0 Å². The molecular formula is C7H15N2. The minimum absolute atomic E-state index is 0.507. The lowest BCUT2D eigenvalue weighted by atomic mass is 10.2. The Morgan fingerprint density at radius 3 is 3.00 bits per heavy atom. The molecule has 1 aliphatic rings. The van der Waals surface area contributed by atoms with Crippen LogP contribution in [0.1, 0.15) is 20.3 Å². The van der Waals surface area contributed by atoms with E-state index >= 15 is 0 Å². The smallest absolute Gasteiger partial charge is 0.0368 e. The van der Waals surface area contributed by atoms with Crippen molar-refractivity contribution < 1.29 is 0 Å². The van der Waals surface area contributed by atoms with Crippen molar-refractivity contribution in [3.63, 3.8) is 0 Å². The fraction of sp³-hybridized carbons (Fsp3) is 1.00. The molecular weight excluding hydrogens is 112 g/mol. The average molecular weight is 127 g/mol. The van der Waals surface area contributed by atoms with Crippen molar-refractivity contribution in [3.8, 4) is 0 Å². The molecule has 0 saturated carbocycles. The van der Waals surface area contributed by atoms with Crippen molar-refractivity contribution >= 4 is 0 Å². The van der Waals surface area contributed by atoms with Gasteiger partial charge in [0.25, 0.3) is 0 Å². The van der Waals surface area contributed by atoms with Crippen molar-refractivity contribution in [2.75, 3.05) is 13.1 Å². The minimum Gasteiger partial charge on any atom is -0.313 e. The molecule has 53 valence electrons. The molecule has 9 heavy (non-hydrogen) atoms. The third-order valence-electron chi connectivity index (χ3n) is 1.94. The molecule has 0 spiro atoms. The molecule has 0 aromatic carbocycles. The summed E-state index contributed by atoms with van der Waals surface area (Å²) in [6.07, 6.45) is 1.20. The van der Waals surface area contributed by atoms with Crippen LogP contribution in [0.5, 0.6) is 0 Å². The van der Waals surface area contributed by atoms with Crippen LogP contribution in [0.4, 0.5) is 0 Å². The van der Waals surface area contributed by atoms with Gasteiger partial charge in [0.15, 0.2) is 0 Å². The zero-order valence-electron chi connectivity index (χ0n) is 6.22. The molecule has 0 bridgehead atoms. The van der Waals surface area contributed by atoms with Gasteiger partial charge in [-0.25, -0.2) is 5.32 Å². The lowest BCUT2D eigenvalue weighted by molar-refractivity contribution is 0.454. The highest BCUT2D eigenvalue weighted by Crippen LogP contribution is 1.97. The van der Waals surface area contributed by atoms with Crippen molar-refractivity contribution in [2.45, 2.75) is 32.4 Å². The molecule has 0 amide bonds. The van der Waals surface area contributed by atoms with E-state index < -0.39 is 0 Å². The molecule has 1 radical (unpaired) electrons. The van der Waals surface area contributed by atoms with Crippen LogP contribution in [0.3, 0.4) is 0 Å². The molecule has 1 N–H and O–H groups in total. The summed E-state index contributed by atoms with van der Waals surface area (Å²) >= 11 is 0. The van der Waals surface area contributed by atoms with E-state index in [2.05, 4.69) is 24.5 Å². The summed E-state index contributed by atoms with van der Waals surface area (Å²) < 4.78 is 0. The summed E-state index contributed by atoms with van der Waals surface area (Å²) in [6, 6.07) is 1.08. The predicted octanol–water partition coefficient (Wildman–Crippen LogP) is 0.361. The predicted molar refractivity (Wildman–Crippen MR) is 38.5 cm³/mol. The number of hydrogen-bond acceptors (Lipinski definition) is 1. The Balaban J connectivity index is 2.32. The maximum absolute atomic E-state index is 4.44. The molecule has 1 heterocycles. The number of rotatable bonds is 0. The van der Waals surface area contributed by atoms with Crippen LogP contribution in [-0.4, -0.2) is 25.2 Å². The van der Waals surface area contributed by atoms with Crippen molar-refractivity contribution in [1.82, 2.24) is 10.6 Å². The molecule has 2 nitrogen and oxygen atoms in total. The molecule has 0 aromatic heterocycles. The minimum atomic E-state index is 0.507. The molecule has 1 saturated heterocycles. The second-order valence-corrected chi connectivity index (χ2v) is 2.74. The van der Waals surface area contributed by atoms with Gasteiger partial charge in [0.1, 0.15) is 0 Å². The second-order valence-electron chi connectivity index (χ2n) is 2.74. The van der Waals surface area contributed by atoms with Gasteiger partial charge in [-0.3, -0.25) is 0 Å². The summed E-state index contributed by atoms with van der Waals surface area (Å²) in [5.41, 5.74) is 0. The van der Waals surface area contributed by atoms with Gasteiger partial charge in [-0.1, -0.05) is 0 Å². The van der Waals surface area contributed by atoms with Crippen LogP contribution in [-0.2, 0) is 0 Å². The maximum atomic E-state index is 4.44. The number of hydrogen-bond donors (Lipinski definition) is 1. The second kappa shape index (κ2) is 3.18.